The lowest BCUT2D eigenvalue weighted by Crippen LogP contribution is -2.51. The van der Waals surface area contributed by atoms with Crippen molar-refractivity contribution < 1.29 is 18.0 Å². The number of benzene rings is 2. The third-order valence-electron chi connectivity index (χ3n) is 7.50. The van der Waals surface area contributed by atoms with E-state index in [4.69, 9.17) is 23.2 Å². The van der Waals surface area contributed by atoms with Gasteiger partial charge in [0.25, 0.3) is 21.8 Å². The van der Waals surface area contributed by atoms with E-state index < -0.39 is 15.6 Å². The number of amides is 2. The Morgan fingerprint density at radius 2 is 1.71 bits per heavy atom. The van der Waals surface area contributed by atoms with Gasteiger partial charge in [0.15, 0.2) is 5.03 Å². The van der Waals surface area contributed by atoms with E-state index in [1.165, 1.54) is 31.3 Å². The van der Waals surface area contributed by atoms with Crippen LogP contribution in [0.15, 0.2) is 75.7 Å². The lowest BCUT2D eigenvalue weighted by atomic mass is 9.92. The molecular formula is C28H24BrCl2N5O4S2. The summed E-state index contributed by atoms with van der Waals surface area (Å²) in [6, 6.07) is 15.8. The molecule has 1 fully saturated rings. The van der Waals surface area contributed by atoms with Gasteiger partial charge in [0, 0.05) is 47.1 Å². The van der Waals surface area contributed by atoms with Crippen LogP contribution in [0.5, 0.6) is 0 Å². The van der Waals surface area contributed by atoms with Crippen LogP contribution in [0.25, 0.3) is 0 Å². The standard InChI is InChI=1S/C28H24BrCl2N5O4S2/c1-28(16-18-4-6-19(29)7-5-18)26(38)35(22-14-20(30)13-21(31)15-22)27-32-17-24(36(27)28)42(39,40)34-10-8-33(9-11-34)25(37)23-3-2-12-41-23/h2-7,12-15,17H,8-11,16H2,1H3/t28-/m1/s1. The average Bonchev–Trinajstić information content (AvgIpc) is 3.69. The van der Waals surface area contributed by atoms with E-state index >= 15 is 0 Å². The second kappa shape index (κ2) is 11.1. The third kappa shape index (κ3) is 5.07. The Labute approximate surface area is 265 Å². The summed E-state index contributed by atoms with van der Waals surface area (Å²) in [6.45, 7) is 2.44. The normalized spacial score (nSPS) is 19.4. The second-order valence-corrected chi connectivity index (χ2v) is 14.9. The molecule has 2 amide bonds. The summed E-state index contributed by atoms with van der Waals surface area (Å²) in [5.41, 5.74) is -0.120. The highest BCUT2D eigenvalue weighted by Gasteiger charge is 2.52. The number of hydrogen-bond donors (Lipinski definition) is 0. The maximum absolute atomic E-state index is 14.2. The van der Waals surface area contributed by atoms with Gasteiger partial charge in [-0.15, -0.1) is 11.3 Å². The van der Waals surface area contributed by atoms with Gasteiger partial charge in [-0.2, -0.15) is 4.31 Å². The summed E-state index contributed by atoms with van der Waals surface area (Å²) in [6.07, 6.45) is 1.50. The summed E-state index contributed by atoms with van der Waals surface area (Å²) >= 11 is 17.4. The minimum Gasteiger partial charge on any atom is -0.335 e. The summed E-state index contributed by atoms with van der Waals surface area (Å²) in [4.78, 5) is 35.2. The average molecular weight is 709 g/mol. The fourth-order valence-corrected chi connectivity index (χ4v) is 8.51. The maximum Gasteiger partial charge on any atom is 0.264 e. The minimum atomic E-state index is -4.10. The van der Waals surface area contributed by atoms with Crippen LogP contribution in [-0.4, -0.2) is 65.2 Å². The Balaban J connectivity index is 1.38. The Kier molecular flexibility index (Phi) is 7.73. The van der Waals surface area contributed by atoms with Gasteiger partial charge in [-0.3, -0.25) is 14.2 Å². The molecule has 218 valence electrons. The van der Waals surface area contributed by atoms with Crippen LogP contribution >= 0.6 is 50.5 Å². The molecule has 4 aromatic rings. The number of imidazole rings is 1. The summed E-state index contributed by atoms with van der Waals surface area (Å²) in [7, 11) is -4.10. The summed E-state index contributed by atoms with van der Waals surface area (Å²) in [5, 5.41) is 2.39. The molecular weight excluding hydrogens is 685 g/mol. The zero-order valence-electron chi connectivity index (χ0n) is 22.2. The van der Waals surface area contributed by atoms with E-state index in [1.54, 1.807) is 36.1 Å². The van der Waals surface area contributed by atoms with E-state index in [1.807, 2.05) is 35.7 Å². The molecule has 4 heterocycles. The molecule has 0 radical (unpaired) electrons. The highest BCUT2D eigenvalue weighted by atomic mass is 79.9. The number of fused-ring (bicyclic) bond motifs is 1. The van der Waals surface area contributed by atoms with Gasteiger partial charge in [-0.25, -0.2) is 18.3 Å². The lowest BCUT2D eigenvalue weighted by Gasteiger charge is -2.34. The van der Waals surface area contributed by atoms with E-state index in [-0.39, 0.29) is 55.4 Å². The van der Waals surface area contributed by atoms with Gasteiger partial charge >= 0.3 is 0 Å². The van der Waals surface area contributed by atoms with Crippen molar-refractivity contribution in [2.45, 2.75) is 23.9 Å². The number of carbonyl (C=O) groups excluding carboxylic acids is 2. The predicted octanol–water partition coefficient (Wildman–Crippen LogP) is 5.80. The molecule has 1 saturated heterocycles. The molecule has 2 aliphatic rings. The van der Waals surface area contributed by atoms with E-state index in [2.05, 4.69) is 20.9 Å². The molecule has 0 N–H and O–H groups in total. The molecule has 6 rings (SSSR count). The van der Waals surface area contributed by atoms with Crippen molar-refractivity contribution in [1.29, 1.82) is 0 Å². The van der Waals surface area contributed by atoms with Crippen molar-refractivity contribution in [2.75, 3.05) is 31.1 Å². The fraction of sp³-hybridized carbons (Fsp3) is 0.250. The van der Waals surface area contributed by atoms with Crippen molar-refractivity contribution in [3.63, 3.8) is 0 Å². The first-order valence-electron chi connectivity index (χ1n) is 13.0. The quantitative estimate of drug-likeness (QED) is 0.253. The fourth-order valence-electron chi connectivity index (χ4n) is 5.43. The van der Waals surface area contributed by atoms with Crippen LogP contribution in [0.2, 0.25) is 10.0 Å². The maximum atomic E-state index is 14.2. The number of piperazine rings is 1. The van der Waals surface area contributed by atoms with Gasteiger partial charge in [0.2, 0.25) is 5.95 Å². The van der Waals surface area contributed by atoms with Crippen molar-refractivity contribution in [1.82, 2.24) is 18.8 Å². The van der Waals surface area contributed by atoms with Crippen molar-refractivity contribution in [3.05, 3.63) is 91.1 Å². The second-order valence-electron chi connectivity index (χ2n) is 10.3. The first kappa shape index (κ1) is 29.3. The molecule has 14 heteroatoms. The number of sulfonamides is 1. The first-order valence-corrected chi connectivity index (χ1v) is 16.8. The number of nitrogens with zero attached hydrogens (tertiary/aromatic N) is 5. The molecule has 0 spiro atoms. The van der Waals surface area contributed by atoms with Crippen molar-refractivity contribution in [2.24, 2.45) is 0 Å². The number of aromatic nitrogens is 2. The van der Waals surface area contributed by atoms with Crippen molar-refractivity contribution >= 4 is 83.9 Å². The Morgan fingerprint density at radius 3 is 2.33 bits per heavy atom. The largest absolute Gasteiger partial charge is 0.335 e. The number of carbonyl (C=O) groups is 2. The van der Waals surface area contributed by atoms with Crippen LogP contribution in [-0.2, 0) is 26.8 Å². The molecule has 2 aromatic carbocycles. The molecule has 9 nitrogen and oxygen atoms in total. The number of hydrogen-bond acceptors (Lipinski definition) is 6. The third-order valence-corrected chi connectivity index (χ3v) is 11.2. The molecule has 1 atom stereocenters. The topological polar surface area (TPSA) is 95.8 Å². The first-order chi connectivity index (χ1) is 20.0. The van der Waals surface area contributed by atoms with Gasteiger partial charge < -0.3 is 4.90 Å². The van der Waals surface area contributed by atoms with Gasteiger partial charge in [0.05, 0.1) is 16.8 Å². The summed E-state index contributed by atoms with van der Waals surface area (Å²) in [5.74, 6) is -0.325. The van der Waals surface area contributed by atoms with Crippen molar-refractivity contribution in [3.8, 4) is 0 Å². The number of thiophene rings is 1. The monoisotopic (exact) mass is 707 g/mol. The van der Waals surface area contributed by atoms with Gasteiger partial charge in [-0.05, 0) is 54.3 Å². The molecule has 42 heavy (non-hydrogen) atoms. The number of rotatable bonds is 6. The SMILES string of the molecule is C[C@@]1(Cc2ccc(Br)cc2)C(=O)N(c2cc(Cl)cc(Cl)c2)c2ncc(S(=O)(=O)N3CCN(C(=O)c4cccs4)CC3)n21. The summed E-state index contributed by atoms with van der Waals surface area (Å²) < 4.78 is 32.0. The molecule has 0 unspecified atom stereocenters. The Hall–Kier alpha value is -2.74. The van der Waals surface area contributed by atoms with Gasteiger partial charge in [-0.1, -0.05) is 57.3 Å². The highest BCUT2D eigenvalue weighted by molar-refractivity contribution is 9.10. The van der Waals surface area contributed by atoms with E-state index in [0.717, 1.165) is 10.0 Å². The highest BCUT2D eigenvalue weighted by Crippen LogP contribution is 2.45. The Bertz CT molecular complexity index is 1770. The zero-order chi connectivity index (χ0) is 29.8. The number of anilines is 2. The smallest absolute Gasteiger partial charge is 0.264 e. The molecule has 0 bridgehead atoms. The molecule has 0 aliphatic carbocycles. The van der Waals surface area contributed by atoms with E-state index in [9.17, 15) is 18.0 Å². The van der Waals surface area contributed by atoms with Crippen LogP contribution in [0.4, 0.5) is 11.6 Å². The molecule has 2 aliphatic heterocycles. The minimum absolute atomic E-state index is 0.0980. The predicted molar refractivity (Wildman–Crippen MR) is 166 cm³/mol. The van der Waals surface area contributed by atoms with E-state index in [0.29, 0.717) is 20.6 Å². The van der Waals surface area contributed by atoms with Gasteiger partial charge in [0.1, 0.15) is 5.54 Å². The van der Waals surface area contributed by atoms with Crippen LogP contribution < -0.4 is 4.90 Å². The van der Waals surface area contributed by atoms with Crippen LogP contribution in [0, 0.1) is 0 Å². The Morgan fingerprint density at radius 1 is 1.05 bits per heavy atom. The number of halogens is 3. The lowest BCUT2D eigenvalue weighted by molar-refractivity contribution is -0.124. The zero-order valence-corrected chi connectivity index (χ0v) is 26.9. The van der Waals surface area contributed by atoms with Crippen LogP contribution in [0.1, 0.15) is 22.2 Å². The molecule has 2 aromatic heterocycles. The van der Waals surface area contributed by atoms with Crippen LogP contribution in [0.3, 0.4) is 0 Å². The molecule has 0 saturated carbocycles.